The average molecular weight is 268 g/mol. The highest BCUT2D eigenvalue weighted by atomic mass is 16.1. The molecular weight excluding hydrogens is 236 g/mol. The first-order chi connectivity index (χ1) is 9.13. The van der Waals surface area contributed by atoms with Gasteiger partial charge in [0, 0.05) is 18.0 Å². The highest BCUT2D eigenvalue weighted by Crippen LogP contribution is 2.24. The maximum atomic E-state index is 11.1. The molecule has 0 bridgehead atoms. The Bertz CT molecular complexity index is 247. The molecule has 1 amide bonds. The third-order valence-electron chi connectivity index (χ3n) is 4.39. The number of carbonyl (C=O) groups excluding carboxylic acids is 1. The van der Waals surface area contributed by atoms with Crippen molar-refractivity contribution >= 4 is 5.91 Å². The van der Waals surface area contributed by atoms with Crippen molar-refractivity contribution in [1.82, 2.24) is 5.32 Å². The lowest BCUT2D eigenvalue weighted by atomic mass is 9.85. The monoisotopic (exact) mass is 268 g/mol. The zero-order valence-electron chi connectivity index (χ0n) is 12.8. The predicted octanol–water partition coefficient (Wildman–Crippen LogP) is 3.37. The lowest BCUT2D eigenvalue weighted by Crippen LogP contribution is -2.40. The number of unbranched alkanes of at least 4 members (excludes halogenated alkanes) is 4. The van der Waals surface area contributed by atoms with Crippen molar-refractivity contribution in [3.63, 3.8) is 0 Å². The molecule has 0 aromatic carbocycles. The highest BCUT2D eigenvalue weighted by Gasteiger charge is 2.24. The molecule has 0 aliphatic heterocycles. The van der Waals surface area contributed by atoms with E-state index in [0.717, 1.165) is 25.7 Å². The Hall–Kier alpha value is -0.570. The van der Waals surface area contributed by atoms with E-state index in [1.54, 1.807) is 0 Å². The minimum Gasteiger partial charge on any atom is -0.369 e. The number of primary amides is 1. The number of rotatable bonds is 9. The van der Waals surface area contributed by atoms with E-state index in [1.807, 2.05) is 0 Å². The Kier molecular flexibility index (Phi) is 8.11. The Labute approximate surface area is 118 Å². The van der Waals surface area contributed by atoms with Gasteiger partial charge in [0.1, 0.15) is 0 Å². The van der Waals surface area contributed by atoms with Crippen LogP contribution in [0.25, 0.3) is 0 Å². The summed E-state index contributed by atoms with van der Waals surface area (Å²) in [5, 5.41) is 3.72. The summed E-state index contributed by atoms with van der Waals surface area (Å²) in [5.41, 5.74) is 5.36. The van der Waals surface area contributed by atoms with Crippen LogP contribution < -0.4 is 11.1 Å². The van der Waals surface area contributed by atoms with Crippen molar-refractivity contribution in [2.75, 3.05) is 0 Å². The molecule has 1 unspecified atom stereocenters. The molecule has 0 saturated heterocycles. The van der Waals surface area contributed by atoms with Crippen molar-refractivity contribution in [2.24, 2.45) is 11.7 Å². The third-order valence-corrected chi connectivity index (χ3v) is 4.39. The normalized spacial score (nSPS) is 25.2. The van der Waals surface area contributed by atoms with Crippen LogP contribution in [-0.2, 0) is 4.79 Å². The van der Waals surface area contributed by atoms with Crippen molar-refractivity contribution < 1.29 is 4.79 Å². The molecule has 0 aromatic heterocycles. The Morgan fingerprint density at radius 3 is 2.37 bits per heavy atom. The van der Waals surface area contributed by atoms with E-state index in [2.05, 4.69) is 19.2 Å². The van der Waals surface area contributed by atoms with Crippen LogP contribution in [0.3, 0.4) is 0 Å². The van der Waals surface area contributed by atoms with Gasteiger partial charge in [-0.3, -0.25) is 4.79 Å². The number of nitrogens with two attached hydrogens (primary N) is 1. The first kappa shape index (κ1) is 16.5. The summed E-state index contributed by atoms with van der Waals surface area (Å²) in [4.78, 5) is 11.1. The molecule has 0 heterocycles. The largest absolute Gasteiger partial charge is 0.369 e. The number of nitrogens with one attached hydrogen (secondary N) is 1. The molecule has 1 atom stereocenters. The van der Waals surface area contributed by atoms with E-state index in [1.165, 1.54) is 38.5 Å². The summed E-state index contributed by atoms with van der Waals surface area (Å²) in [6, 6.07) is 1.21. The van der Waals surface area contributed by atoms with E-state index >= 15 is 0 Å². The van der Waals surface area contributed by atoms with E-state index in [0.29, 0.717) is 12.1 Å². The van der Waals surface area contributed by atoms with Crippen LogP contribution in [0.2, 0.25) is 0 Å². The molecule has 0 aromatic rings. The van der Waals surface area contributed by atoms with E-state index in [4.69, 9.17) is 5.73 Å². The molecule has 0 radical (unpaired) electrons. The van der Waals surface area contributed by atoms with Gasteiger partial charge in [-0.1, -0.05) is 39.0 Å². The molecule has 1 aliphatic rings. The SMILES string of the molecule is CCCCCCCC(C)NC1CCC(C(N)=O)CC1. The molecule has 3 nitrogen and oxygen atoms in total. The smallest absolute Gasteiger partial charge is 0.220 e. The van der Waals surface area contributed by atoms with Crippen LogP contribution in [0.15, 0.2) is 0 Å². The van der Waals surface area contributed by atoms with Crippen molar-refractivity contribution in [1.29, 1.82) is 0 Å². The second kappa shape index (κ2) is 9.35. The summed E-state index contributed by atoms with van der Waals surface area (Å²) in [7, 11) is 0. The quantitative estimate of drug-likeness (QED) is 0.630. The number of hydrogen-bond donors (Lipinski definition) is 2. The fraction of sp³-hybridized carbons (Fsp3) is 0.938. The van der Waals surface area contributed by atoms with Crippen LogP contribution in [0.4, 0.5) is 0 Å². The van der Waals surface area contributed by atoms with E-state index in [9.17, 15) is 4.79 Å². The first-order valence-electron chi connectivity index (χ1n) is 8.18. The second-order valence-corrected chi connectivity index (χ2v) is 6.22. The summed E-state index contributed by atoms with van der Waals surface area (Å²) < 4.78 is 0. The summed E-state index contributed by atoms with van der Waals surface area (Å²) in [6.07, 6.45) is 12.2. The van der Waals surface area contributed by atoms with Crippen LogP contribution in [0, 0.1) is 5.92 Å². The van der Waals surface area contributed by atoms with E-state index < -0.39 is 0 Å². The zero-order chi connectivity index (χ0) is 14.1. The molecule has 19 heavy (non-hydrogen) atoms. The molecule has 3 N–H and O–H groups in total. The van der Waals surface area contributed by atoms with Gasteiger partial charge in [0.15, 0.2) is 0 Å². The van der Waals surface area contributed by atoms with Crippen LogP contribution in [-0.4, -0.2) is 18.0 Å². The van der Waals surface area contributed by atoms with E-state index in [-0.39, 0.29) is 11.8 Å². The molecular formula is C16H32N2O. The highest BCUT2D eigenvalue weighted by molar-refractivity contribution is 5.76. The standard InChI is InChI=1S/C16H32N2O/c1-3-4-5-6-7-8-13(2)18-15-11-9-14(10-12-15)16(17)19/h13-15,18H,3-12H2,1-2H3,(H2,17,19). The number of carbonyl (C=O) groups is 1. The van der Waals surface area contributed by atoms with Gasteiger partial charge in [0.2, 0.25) is 5.91 Å². The molecule has 112 valence electrons. The lowest BCUT2D eigenvalue weighted by Gasteiger charge is -2.30. The Morgan fingerprint density at radius 2 is 1.79 bits per heavy atom. The second-order valence-electron chi connectivity index (χ2n) is 6.22. The number of hydrogen-bond acceptors (Lipinski definition) is 2. The Morgan fingerprint density at radius 1 is 1.16 bits per heavy atom. The van der Waals surface area contributed by atoms with Gasteiger partial charge in [0.25, 0.3) is 0 Å². The molecule has 1 aliphatic carbocycles. The minimum absolute atomic E-state index is 0.109. The summed E-state index contributed by atoms with van der Waals surface area (Å²) >= 11 is 0. The molecule has 3 heteroatoms. The van der Waals surface area contributed by atoms with Crippen molar-refractivity contribution in [3.05, 3.63) is 0 Å². The third kappa shape index (κ3) is 6.95. The summed E-state index contributed by atoms with van der Waals surface area (Å²) in [6.45, 7) is 4.55. The topological polar surface area (TPSA) is 55.1 Å². The van der Waals surface area contributed by atoms with Gasteiger partial charge in [0.05, 0.1) is 0 Å². The van der Waals surface area contributed by atoms with Crippen molar-refractivity contribution in [2.45, 2.75) is 90.1 Å². The maximum absolute atomic E-state index is 11.1. The van der Waals surface area contributed by atoms with Gasteiger partial charge in [-0.25, -0.2) is 0 Å². The van der Waals surface area contributed by atoms with Crippen LogP contribution in [0.5, 0.6) is 0 Å². The fourth-order valence-corrected chi connectivity index (χ4v) is 3.08. The van der Waals surface area contributed by atoms with Crippen LogP contribution >= 0.6 is 0 Å². The number of amides is 1. The fourth-order valence-electron chi connectivity index (χ4n) is 3.08. The summed E-state index contributed by atoms with van der Waals surface area (Å²) in [5.74, 6) is 0.0184. The Balaban J connectivity index is 2.06. The van der Waals surface area contributed by atoms with Gasteiger partial charge in [-0.15, -0.1) is 0 Å². The zero-order valence-corrected chi connectivity index (χ0v) is 12.8. The average Bonchev–Trinajstić information content (AvgIpc) is 2.39. The van der Waals surface area contributed by atoms with Gasteiger partial charge >= 0.3 is 0 Å². The first-order valence-corrected chi connectivity index (χ1v) is 8.18. The predicted molar refractivity (Wildman–Crippen MR) is 80.9 cm³/mol. The molecule has 1 rings (SSSR count). The minimum atomic E-state index is -0.109. The lowest BCUT2D eigenvalue weighted by molar-refractivity contribution is -0.122. The maximum Gasteiger partial charge on any atom is 0.220 e. The molecule has 0 spiro atoms. The van der Waals surface area contributed by atoms with Gasteiger partial charge < -0.3 is 11.1 Å². The van der Waals surface area contributed by atoms with Gasteiger partial charge in [-0.05, 0) is 39.0 Å². The van der Waals surface area contributed by atoms with Crippen LogP contribution in [0.1, 0.15) is 78.1 Å². The molecule has 1 saturated carbocycles. The van der Waals surface area contributed by atoms with Crippen molar-refractivity contribution in [3.8, 4) is 0 Å². The van der Waals surface area contributed by atoms with Gasteiger partial charge in [-0.2, -0.15) is 0 Å². The molecule has 1 fully saturated rings.